The van der Waals surface area contributed by atoms with E-state index in [1.54, 1.807) is 0 Å². The molecule has 0 saturated carbocycles. The van der Waals surface area contributed by atoms with Crippen LogP contribution < -0.4 is 9.62 Å². The molecule has 0 bridgehead atoms. The number of likely N-dealkylation sites (tertiary alicyclic amines) is 1. The predicted octanol–water partition coefficient (Wildman–Crippen LogP) is 4.70. The van der Waals surface area contributed by atoms with Crippen molar-refractivity contribution in [1.29, 1.82) is 0 Å². The van der Waals surface area contributed by atoms with Gasteiger partial charge >= 0.3 is 0 Å². The van der Waals surface area contributed by atoms with E-state index in [0.717, 1.165) is 19.4 Å². The van der Waals surface area contributed by atoms with Crippen molar-refractivity contribution >= 4 is 56.1 Å². The maximum atomic E-state index is 15.2. The van der Waals surface area contributed by atoms with E-state index in [0.29, 0.717) is 24.8 Å². The highest BCUT2D eigenvalue weighted by atomic mass is 35.5. The van der Waals surface area contributed by atoms with Crippen LogP contribution in [0.15, 0.2) is 21.9 Å². The molecule has 30 heavy (non-hydrogen) atoms. The molecule has 11 heteroatoms. The fourth-order valence-corrected chi connectivity index (χ4v) is 7.26. The van der Waals surface area contributed by atoms with Crippen molar-refractivity contribution in [1.82, 2.24) is 9.88 Å². The minimum absolute atomic E-state index is 0.0501. The van der Waals surface area contributed by atoms with E-state index in [1.807, 2.05) is 4.90 Å². The van der Waals surface area contributed by atoms with Crippen molar-refractivity contribution in [2.24, 2.45) is 5.41 Å². The summed E-state index contributed by atoms with van der Waals surface area (Å²) in [7, 11) is -2.13. The van der Waals surface area contributed by atoms with Gasteiger partial charge in [-0.15, -0.1) is 11.3 Å². The average Bonchev–Trinajstić information content (AvgIpc) is 3.40. The smallest absolute Gasteiger partial charge is 0.267 e. The average molecular weight is 493 g/mol. The summed E-state index contributed by atoms with van der Waals surface area (Å²) in [5.41, 5.74) is 1.95. The van der Waals surface area contributed by atoms with Crippen molar-refractivity contribution < 1.29 is 12.8 Å². The van der Waals surface area contributed by atoms with Gasteiger partial charge in [-0.05, 0) is 38.9 Å². The van der Waals surface area contributed by atoms with Crippen LogP contribution in [0, 0.1) is 11.2 Å². The lowest BCUT2D eigenvalue weighted by molar-refractivity contribution is 0.153. The third kappa shape index (κ3) is 3.90. The van der Waals surface area contributed by atoms with E-state index in [2.05, 4.69) is 28.6 Å². The molecule has 1 unspecified atom stereocenters. The van der Waals surface area contributed by atoms with Gasteiger partial charge in [0.15, 0.2) is 11.6 Å². The van der Waals surface area contributed by atoms with E-state index >= 15 is 4.39 Å². The quantitative estimate of drug-likeness (QED) is 0.612. The van der Waals surface area contributed by atoms with Gasteiger partial charge in [-0.25, -0.2) is 17.8 Å². The third-order valence-electron chi connectivity index (χ3n) is 6.21. The Hall–Kier alpha value is -1.13. The van der Waals surface area contributed by atoms with E-state index in [1.165, 1.54) is 34.7 Å². The number of hydrogen-bond acceptors (Lipinski definition) is 6. The Bertz CT molecular complexity index is 1050. The monoisotopic (exact) mass is 492 g/mol. The lowest BCUT2D eigenvalue weighted by Gasteiger charge is -2.36. The van der Waals surface area contributed by atoms with Gasteiger partial charge in [0.05, 0.1) is 16.2 Å². The highest BCUT2D eigenvalue weighted by molar-refractivity contribution is 7.92. The fourth-order valence-electron chi connectivity index (χ4n) is 4.75. The highest BCUT2D eigenvalue weighted by Gasteiger charge is 2.44. The lowest BCUT2D eigenvalue weighted by atomic mass is 9.80. The first kappa shape index (κ1) is 22.1. The Balaban J connectivity index is 1.64. The number of anilines is 2. The van der Waals surface area contributed by atoms with Gasteiger partial charge in [-0.3, -0.25) is 4.72 Å². The van der Waals surface area contributed by atoms with Crippen LogP contribution in [0.1, 0.15) is 26.2 Å². The highest BCUT2D eigenvalue weighted by Crippen LogP contribution is 2.45. The van der Waals surface area contributed by atoms with Gasteiger partial charge in [0, 0.05) is 29.9 Å². The number of nitrogens with zero attached hydrogens (tertiary/aromatic N) is 3. The summed E-state index contributed by atoms with van der Waals surface area (Å²) in [5.74, 6) is -0.944. The molecule has 0 amide bonds. The summed E-state index contributed by atoms with van der Waals surface area (Å²) in [6, 6.07) is 1.91. The zero-order valence-electron chi connectivity index (χ0n) is 16.7. The normalized spacial score (nSPS) is 25.2. The van der Waals surface area contributed by atoms with Crippen molar-refractivity contribution in [3.05, 3.63) is 32.8 Å². The summed E-state index contributed by atoms with van der Waals surface area (Å²) in [6.07, 6.45) is 3.27. The molecule has 2 atom stereocenters. The predicted molar refractivity (Wildman–Crippen MR) is 120 cm³/mol. The number of rotatable bonds is 5. The second-order valence-corrected chi connectivity index (χ2v) is 11.4. The molecule has 2 saturated heterocycles. The molecular weight excluding hydrogens is 470 g/mol. The molecule has 0 spiro atoms. The van der Waals surface area contributed by atoms with Gasteiger partial charge < -0.3 is 9.80 Å². The molecule has 2 aliphatic heterocycles. The van der Waals surface area contributed by atoms with Crippen LogP contribution in [0.3, 0.4) is 0 Å². The molecule has 2 fully saturated rings. The van der Waals surface area contributed by atoms with Crippen molar-refractivity contribution in [3.63, 3.8) is 0 Å². The number of aromatic nitrogens is 1. The second kappa shape index (κ2) is 8.09. The first-order valence-corrected chi connectivity index (χ1v) is 12.8. The Kier molecular flexibility index (Phi) is 5.95. The summed E-state index contributed by atoms with van der Waals surface area (Å²) < 4.78 is 42.8. The van der Waals surface area contributed by atoms with Crippen LogP contribution in [0.4, 0.5) is 15.9 Å². The maximum absolute atomic E-state index is 15.2. The lowest BCUT2D eigenvalue weighted by Crippen LogP contribution is -2.42. The zero-order chi connectivity index (χ0) is 21.7. The summed E-state index contributed by atoms with van der Waals surface area (Å²) in [5, 5.41) is 1.06. The second-order valence-electron chi connectivity index (χ2n) is 8.28. The van der Waals surface area contributed by atoms with Gasteiger partial charge in [0.2, 0.25) is 0 Å². The topological polar surface area (TPSA) is 65.5 Å². The molecule has 6 nitrogen and oxygen atoms in total. The van der Waals surface area contributed by atoms with Crippen LogP contribution in [0.5, 0.6) is 0 Å². The summed E-state index contributed by atoms with van der Waals surface area (Å²) in [4.78, 5) is 7.60. The van der Waals surface area contributed by atoms with E-state index in [-0.39, 0.29) is 21.3 Å². The first-order chi connectivity index (χ1) is 14.1. The van der Waals surface area contributed by atoms with Crippen LogP contribution in [-0.4, -0.2) is 51.0 Å². The minimum Gasteiger partial charge on any atom is -0.370 e. The Labute approximate surface area is 190 Å². The maximum Gasteiger partial charge on any atom is 0.267 e. The molecule has 2 aromatic rings. The number of hydrogen-bond donors (Lipinski definition) is 1. The molecule has 1 aromatic carbocycles. The third-order valence-corrected chi connectivity index (χ3v) is 8.98. The standard InChI is InChI=1S/C19H23Cl2FN4O2S2/c1-19(14-4-3-6-25(14)2)5-7-26(10-19)13-8-12(20)18(17(22)16(13)21)30(27,28)24-15-9-29-11-23-15/h8-9,11,14,24H,3-7,10H2,1-2H3/t14-,19?/m0/s1. The summed E-state index contributed by atoms with van der Waals surface area (Å²) >= 11 is 13.8. The molecule has 1 N–H and O–H groups in total. The van der Waals surface area contributed by atoms with Gasteiger partial charge in [0.25, 0.3) is 10.0 Å². The molecular formula is C19H23Cl2FN4O2S2. The SMILES string of the molecule is CN1CCC[C@H]1C1(C)CCN(c2cc(Cl)c(S(=O)(=O)Nc3cscn3)c(F)c2Cl)C1. The van der Waals surface area contributed by atoms with E-state index in [9.17, 15) is 8.42 Å². The molecule has 1 aromatic heterocycles. The van der Waals surface area contributed by atoms with Gasteiger partial charge in [-0.1, -0.05) is 30.1 Å². The van der Waals surface area contributed by atoms with Crippen molar-refractivity contribution in [2.45, 2.75) is 37.1 Å². The van der Waals surface area contributed by atoms with E-state index in [4.69, 9.17) is 23.2 Å². The van der Waals surface area contributed by atoms with Crippen LogP contribution in [0.2, 0.25) is 10.0 Å². The molecule has 2 aliphatic rings. The summed E-state index contributed by atoms with van der Waals surface area (Å²) in [6.45, 7) is 4.75. The first-order valence-electron chi connectivity index (χ1n) is 9.66. The fraction of sp³-hybridized carbons (Fsp3) is 0.526. The Morgan fingerprint density at radius 2 is 2.13 bits per heavy atom. The molecule has 0 aliphatic carbocycles. The van der Waals surface area contributed by atoms with Gasteiger partial charge in [-0.2, -0.15) is 0 Å². The number of benzene rings is 1. The number of sulfonamides is 1. The minimum atomic E-state index is -4.27. The van der Waals surface area contributed by atoms with E-state index < -0.39 is 20.7 Å². The number of halogens is 3. The largest absolute Gasteiger partial charge is 0.370 e. The molecule has 164 valence electrons. The number of nitrogens with one attached hydrogen (secondary N) is 1. The zero-order valence-corrected chi connectivity index (χ0v) is 19.8. The molecule has 3 heterocycles. The van der Waals surface area contributed by atoms with Crippen LogP contribution in [0.25, 0.3) is 0 Å². The Morgan fingerprint density at radius 3 is 2.77 bits per heavy atom. The van der Waals surface area contributed by atoms with Crippen LogP contribution in [-0.2, 0) is 10.0 Å². The van der Waals surface area contributed by atoms with Gasteiger partial charge in [0.1, 0.15) is 9.92 Å². The molecule has 0 radical (unpaired) electrons. The molecule has 4 rings (SSSR count). The Morgan fingerprint density at radius 1 is 1.37 bits per heavy atom. The van der Waals surface area contributed by atoms with Crippen molar-refractivity contribution in [3.8, 4) is 0 Å². The number of thiazole rings is 1. The van der Waals surface area contributed by atoms with Crippen LogP contribution >= 0.6 is 34.5 Å². The van der Waals surface area contributed by atoms with Crippen molar-refractivity contribution in [2.75, 3.05) is 36.3 Å².